The molecule has 2 heterocycles. The summed E-state index contributed by atoms with van der Waals surface area (Å²) < 4.78 is 12.9. The molecule has 0 aliphatic heterocycles. The largest absolute Gasteiger partial charge is 0.486 e. The number of anilines is 1. The molecule has 4 aromatic rings. The van der Waals surface area contributed by atoms with Crippen LogP contribution in [0.15, 0.2) is 77.3 Å². The molecule has 7 nitrogen and oxygen atoms in total. The van der Waals surface area contributed by atoms with E-state index in [1.165, 1.54) is 22.0 Å². The second-order valence-electron chi connectivity index (χ2n) is 8.17. The van der Waals surface area contributed by atoms with E-state index in [1.807, 2.05) is 36.4 Å². The van der Waals surface area contributed by atoms with Gasteiger partial charge in [0.15, 0.2) is 5.76 Å². The number of nitrogens with zero attached hydrogens (tertiary/aromatic N) is 3. The number of aryl methyl sites for hydroxylation is 1. The summed E-state index contributed by atoms with van der Waals surface area (Å²) in [5.41, 5.74) is 2.58. The summed E-state index contributed by atoms with van der Waals surface area (Å²) in [6.07, 6.45) is 1.39. The van der Waals surface area contributed by atoms with Crippen LogP contribution < -0.4 is 10.1 Å². The number of carbonyl (C=O) groups is 1. The van der Waals surface area contributed by atoms with Gasteiger partial charge in [-0.2, -0.15) is 10.4 Å². The Hall–Kier alpha value is -4.31. The van der Waals surface area contributed by atoms with Gasteiger partial charge < -0.3 is 14.5 Å². The normalized spacial score (nSPS) is 11.1. The molecular weight excluding hydrogens is 416 g/mol. The number of ether oxygens (including phenoxy) is 1. The van der Waals surface area contributed by atoms with Gasteiger partial charge in [0.05, 0.1) is 6.20 Å². The van der Waals surface area contributed by atoms with Gasteiger partial charge in [0.2, 0.25) is 0 Å². The van der Waals surface area contributed by atoms with Crippen molar-refractivity contribution < 1.29 is 13.9 Å². The highest BCUT2D eigenvalue weighted by Gasteiger charge is 2.22. The quantitative estimate of drug-likeness (QED) is 0.434. The lowest BCUT2D eigenvalue weighted by Crippen LogP contribution is -2.18. The number of nitrogens with one attached hydrogen (secondary N) is 1. The van der Waals surface area contributed by atoms with E-state index in [2.05, 4.69) is 48.5 Å². The van der Waals surface area contributed by atoms with Crippen molar-refractivity contribution in [2.75, 3.05) is 5.32 Å². The Morgan fingerprint density at radius 1 is 1.09 bits per heavy atom. The molecule has 0 radical (unpaired) electrons. The highest BCUT2D eigenvalue weighted by atomic mass is 16.5. The first-order valence-electron chi connectivity index (χ1n) is 10.5. The minimum absolute atomic E-state index is 0.123. The first-order chi connectivity index (χ1) is 15.9. The predicted molar refractivity (Wildman–Crippen MR) is 124 cm³/mol. The van der Waals surface area contributed by atoms with E-state index in [1.54, 1.807) is 19.2 Å². The number of amides is 1. The van der Waals surface area contributed by atoms with Crippen LogP contribution in [-0.4, -0.2) is 15.7 Å². The highest BCUT2D eigenvalue weighted by Crippen LogP contribution is 2.32. The maximum absolute atomic E-state index is 12.5. The van der Waals surface area contributed by atoms with Gasteiger partial charge in [0, 0.05) is 12.5 Å². The molecule has 0 bridgehead atoms. The molecule has 0 aliphatic carbocycles. The van der Waals surface area contributed by atoms with Crippen molar-refractivity contribution in [1.82, 2.24) is 9.78 Å². The van der Waals surface area contributed by atoms with Crippen LogP contribution >= 0.6 is 0 Å². The first-order valence-corrected chi connectivity index (χ1v) is 10.5. The summed E-state index contributed by atoms with van der Waals surface area (Å²) in [4.78, 5) is 12.5. The fourth-order valence-corrected chi connectivity index (χ4v) is 3.56. The minimum atomic E-state index is -0.464. The average Bonchev–Trinajstić information content (AvgIpc) is 3.45. The van der Waals surface area contributed by atoms with Gasteiger partial charge in [0.1, 0.15) is 35.6 Å². The molecule has 0 saturated heterocycles. The van der Waals surface area contributed by atoms with Crippen LogP contribution in [0.2, 0.25) is 0 Å². The van der Waals surface area contributed by atoms with Crippen LogP contribution in [0.25, 0.3) is 0 Å². The summed E-state index contributed by atoms with van der Waals surface area (Å²) >= 11 is 0. The smallest absolute Gasteiger partial charge is 0.292 e. The molecule has 33 heavy (non-hydrogen) atoms. The van der Waals surface area contributed by atoms with Crippen molar-refractivity contribution in [2.24, 2.45) is 7.05 Å². The van der Waals surface area contributed by atoms with Crippen molar-refractivity contribution in [3.05, 3.63) is 101 Å². The summed E-state index contributed by atoms with van der Waals surface area (Å²) in [5, 5.41) is 15.7. The molecule has 0 spiro atoms. The Balaban J connectivity index is 1.38. The van der Waals surface area contributed by atoms with Gasteiger partial charge in [0.25, 0.3) is 5.91 Å². The molecule has 2 aromatic carbocycles. The highest BCUT2D eigenvalue weighted by molar-refractivity contribution is 6.02. The van der Waals surface area contributed by atoms with E-state index in [0.29, 0.717) is 17.3 Å². The number of furan rings is 1. The fraction of sp³-hybridized carbons (Fsp3) is 0.192. The summed E-state index contributed by atoms with van der Waals surface area (Å²) in [6.45, 7) is 4.57. The fourth-order valence-electron chi connectivity index (χ4n) is 3.56. The van der Waals surface area contributed by atoms with Crippen molar-refractivity contribution >= 4 is 11.7 Å². The SMILES string of the molecule is Cn1ncc(C#N)c1NC(=O)c1ccc(COc2ccc(C(C)(C)c3ccccc3)cc2)o1. The molecule has 166 valence electrons. The Labute approximate surface area is 192 Å². The van der Waals surface area contributed by atoms with Gasteiger partial charge in [-0.1, -0.05) is 56.3 Å². The van der Waals surface area contributed by atoms with Crippen LogP contribution in [0.4, 0.5) is 5.82 Å². The van der Waals surface area contributed by atoms with E-state index in [4.69, 9.17) is 14.4 Å². The molecule has 2 aromatic heterocycles. The molecular formula is C26H24N4O3. The third-order valence-electron chi connectivity index (χ3n) is 5.63. The molecule has 0 atom stereocenters. The molecule has 1 amide bonds. The zero-order chi connectivity index (χ0) is 23.4. The zero-order valence-electron chi connectivity index (χ0n) is 18.7. The average molecular weight is 441 g/mol. The van der Waals surface area contributed by atoms with E-state index in [0.717, 1.165) is 0 Å². The standard InChI is InChI=1S/C26H24N4O3/c1-26(2,19-7-5-4-6-8-19)20-9-11-21(12-10-20)32-17-22-13-14-23(33-22)25(31)29-24-18(15-27)16-28-30(24)3/h4-14,16H,17H2,1-3H3,(H,29,31). The Kier molecular flexibility index (Phi) is 6.01. The Morgan fingerprint density at radius 3 is 2.48 bits per heavy atom. The number of rotatable bonds is 7. The minimum Gasteiger partial charge on any atom is -0.486 e. The molecule has 0 fully saturated rings. The lowest BCUT2D eigenvalue weighted by molar-refractivity contribution is 0.0991. The monoisotopic (exact) mass is 440 g/mol. The summed E-state index contributed by atoms with van der Waals surface area (Å²) in [6, 6.07) is 23.6. The van der Waals surface area contributed by atoms with Crippen LogP contribution in [0, 0.1) is 11.3 Å². The van der Waals surface area contributed by atoms with E-state index in [9.17, 15) is 4.79 Å². The second kappa shape index (κ2) is 9.05. The van der Waals surface area contributed by atoms with Gasteiger partial charge in [-0.25, -0.2) is 0 Å². The number of aromatic nitrogens is 2. The first kappa shape index (κ1) is 21.9. The Bertz CT molecular complexity index is 1300. The van der Waals surface area contributed by atoms with Crippen LogP contribution in [0.1, 0.15) is 46.9 Å². The van der Waals surface area contributed by atoms with Crippen molar-refractivity contribution in [3.63, 3.8) is 0 Å². The van der Waals surface area contributed by atoms with E-state index in [-0.39, 0.29) is 23.3 Å². The zero-order valence-corrected chi connectivity index (χ0v) is 18.7. The van der Waals surface area contributed by atoms with Crippen LogP contribution in [-0.2, 0) is 19.1 Å². The van der Waals surface area contributed by atoms with E-state index < -0.39 is 5.91 Å². The summed E-state index contributed by atoms with van der Waals surface area (Å²) in [7, 11) is 1.64. The third kappa shape index (κ3) is 4.65. The third-order valence-corrected chi connectivity index (χ3v) is 5.63. The molecule has 0 unspecified atom stereocenters. The van der Waals surface area contributed by atoms with Crippen molar-refractivity contribution in [3.8, 4) is 11.8 Å². The molecule has 4 rings (SSSR count). The number of benzene rings is 2. The van der Waals surface area contributed by atoms with Crippen LogP contribution in [0.5, 0.6) is 5.75 Å². The molecule has 1 N–H and O–H groups in total. The lowest BCUT2D eigenvalue weighted by atomic mass is 9.78. The number of carbonyl (C=O) groups excluding carboxylic acids is 1. The van der Waals surface area contributed by atoms with Gasteiger partial charge in [-0.15, -0.1) is 0 Å². The summed E-state index contributed by atoms with van der Waals surface area (Å²) in [5.74, 6) is 1.20. The van der Waals surface area contributed by atoms with Gasteiger partial charge in [-0.05, 0) is 35.4 Å². The van der Waals surface area contributed by atoms with Crippen molar-refractivity contribution in [1.29, 1.82) is 5.26 Å². The van der Waals surface area contributed by atoms with Crippen LogP contribution in [0.3, 0.4) is 0 Å². The lowest BCUT2D eigenvalue weighted by Gasteiger charge is -2.26. The maximum atomic E-state index is 12.5. The van der Waals surface area contributed by atoms with Crippen molar-refractivity contribution in [2.45, 2.75) is 25.9 Å². The Morgan fingerprint density at radius 2 is 1.79 bits per heavy atom. The molecule has 0 aliphatic rings. The predicted octanol–water partition coefficient (Wildman–Crippen LogP) is 5.04. The number of hydrogen-bond acceptors (Lipinski definition) is 5. The van der Waals surface area contributed by atoms with E-state index >= 15 is 0 Å². The molecule has 0 saturated carbocycles. The second-order valence-corrected chi connectivity index (χ2v) is 8.17. The number of hydrogen-bond donors (Lipinski definition) is 1. The number of nitriles is 1. The molecule has 7 heteroatoms. The van der Waals surface area contributed by atoms with Gasteiger partial charge >= 0.3 is 0 Å². The topological polar surface area (TPSA) is 93.1 Å². The maximum Gasteiger partial charge on any atom is 0.292 e. The van der Waals surface area contributed by atoms with Gasteiger partial charge in [-0.3, -0.25) is 9.48 Å².